The summed E-state index contributed by atoms with van der Waals surface area (Å²) < 4.78 is 29.0. The van der Waals surface area contributed by atoms with Crippen LogP contribution in [0, 0.1) is 0 Å². The van der Waals surface area contributed by atoms with Gasteiger partial charge in [-0.05, 0) is 61.9 Å². The van der Waals surface area contributed by atoms with Gasteiger partial charge in [0.25, 0.3) is 10.0 Å². The lowest BCUT2D eigenvalue weighted by Gasteiger charge is -2.32. The molecule has 0 spiro atoms. The van der Waals surface area contributed by atoms with Gasteiger partial charge in [-0.2, -0.15) is 0 Å². The van der Waals surface area contributed by atoms with Crippen LogP contribution in [0.15, 0.2) is 82.2 Å². The molecule has 1 atom stereocenters. The van der Waals surface area contributed by atoms with E-state index >= 15 is 0 Å². The van der Waals surface area contributed by atoms with Gasteiger partial charge in [-0.25, -0.2) is 8.42 Å². The van der Waals surface area contributed by atoms with E-state index in [4.69, 9.17) is 23.2 Å². The van der Waals surface area contributed by atoms with E-state index in [9.17, 15) is 18.0 Å². The maximum absolute atomic E-state index is 13.8. The second kappa shape index (κ2) is 12.8. The molecule has 196 valence electrons. The summed E-state index contributed by atoms with van der Waals surface area (Å²) in [5, 5.41) is 3.47. The molecule has 11 heteroatoms. The highest BCUT2D eigenvalue weighted by atomic mass is 79.9. The number of hydrogen-bond acceptors (Lipinski definition) is 4. The predicted molar refractivity (Wildman–Crippen MR) is 150 cm³/mol. The Bertz CT molecular complexity index is 1370. The summed E-state index contributed by atoms with van der Waals surface area (Å²) >= 11 is 15.8. The molecule has 0 fully saturated rings. The molecule has 3 aromatic carbocycles. The number of rotatable bonds is 10. The van der Waals surface area contributed by atoms with Crippen molar-refractivity contribution >= 4 is 66.7 Å². The molecule has 3 aromatic rings. The first kappa shape index (κ1) is 29.0. The first-order chi connectivity index (χ1) is 17.5. The quantitative estimate of drug-likeness (QED) is 0.322. The summed E-state index contributed by atoms with van der Waals surface area (Å²) in [6.07, 6.45) is 0. The molecule has 0 heterocycles. The van der Waals surface area contributed by atoms with Crippen molar-refractivity contribution in [1.29, 1.82) is 0 Å². The van der Waals surface area contributed by atoms with Gasteiger partial charge in [-0.15, -0.1) is 0 Å². The first-order valence-corrected chi connectivity index (χ1v) is 14.4. The minimum Gasteiger partial charge on any atom is -0.355 e. The highest BCUT2D eigenvalue weighted by Gasteiger charge is 2.32. The zero-order chi connectivity index (χ0) is 27.2. The number of likely N-dealkylation sites (N-methyl/N-ethyl adjacent to an activating group) is 1. The molecule has 0 saturated carbocycles. The number of halogens is 3. The van der Waals surface area contributed by atoms with E-state index in [-0.39, 0.29) is 17.3 Å². The van der Waals surface area contributed by atoms with Gasteiger partial charge in [0.15, 0.2) is 0 Å². The molecule has 0 unspecified atom stereocenters. The number of anilines is 1. The summed E-state index contributed by atoms with van der Waals surface area (Å²) in [6.45, 7) is 3.17. The summed E-state index contributed by atoms with van der Waals surface area (Å²) in [4.78, 5) is 27.9. The molecule has 0 aromatic heterocycles. The number of hydrogen-bond donors (Lipinski definition) is 1. The van der Waals surface area contributed by atoms with Crippen LogP contribution in [0.1, 0.15) is 19.4 Å². The highest BCUT2D eigenvalue weighted by Crippen LogP contribution is 2.28. The molecule has 0 bridgehead atoms. The van der Waals surface area contributed by atoms with Crippen LogP contribution in [-0.2, 0) is 26.2 Å². The van der Waals surface area contributed by atoms with Crippen LogP contribution in [0.2, 0.25) is 10.0 Å². The summed E-state index contributed by atoms with van der Waals surface area (Å²) in [5.41, 5.74) is 0.859. The van der Waals surface area contributed by atoms with Crippen molar-refractivity contribution in [2.24, 2.45) is 0 Å². The van der Waals surface area contributed by atoms with Gasteiger partial charge in [-0.3, -0.25) is 13.9 Å². The average Bonchev–Trinajstić information content (AvgIpc) is 2.87. The normalized spacial score (nSPS) is 12.0. The lowest BCUT2D eigenvalue weighted by molar-refractivity contribution is -0.139. The number of amides is 2. The second-order valence-corrected chi connectivity index (χ2v) is 11.8. The van der Waals surface area contributed by atoms with Crippen molar-refractivity contribution < 1.29 is 18.0 Å². The third-order valence-corrected chi connectivity index (χ3v) is 8.45. The van der Waals surface area contributed by atoms with Gasteiger partial charge >= 0.3 is 0 Å². The number of nitrogens with one attached hydrogen (secondary N) is 1. The van der Waals surface area contributed by atoms with E-state index in [2.05, 4.69) is 21.2 Å². The van der Waals surface area contributed by atoms with Crippen molar-refractivity contribution in [1.82, 2.24) is 10.2 Å². The molecule has 7 nitrogen and oxygen atoms in total. The van der Waals surface area contributed by atoms with Gasteiger partial charge in [0.1, 0.15) is 12.6 Å². The Labute approximate surface area is 235 Å². The van der Waals surface area contributed by atoms with Crippen LogP contribution < -0.4 is 9.62 Å². The van der Waals surface area contributed by atoms with E-state index in [0.717, 1.165) is 4.31 Å². The van der Waals surface area contributed by atoms with Crippen molar-refractivity contribution in [3.8, 4) is 0 Å². The fourth-order valence-electron chi connectivity index (χ4n) is 3.62. The van der Waals surface area contributed by atoms with Crippen LogP contribution >= 0.6 is 39.1 Å². The van der Waals surface area contributed by atoms with Gasteiger partial charge in [0, 0.05) is 27.6 Å². The Morgan fingerprint density at radius 2 is 1.70 bits per heavy atom. The maximum Gasteiger partial charge on any atom is 0.264 e. The van der Waals surface area contributed by atoms with Crippen LogP contribution in [0.5, 0.6) is 0 Å². The van der Waals surface area contributed by atoms with Gasteiger partial charge in [0.2, 0.25) is 11.8 Å². The number of benzene rings is 3. The number of carbonyl (C=O) groups is 2. The zero-order valence-electron chi connectivity index (χ0n) is 20.2. The molecule has 3 rings (SSSR count). The summed E-state index contributed by atoms with van der Waals surface area (Å²) in [6, 6.07) is 18.5. The minimum atomic E-state index is -4.12. The Kier molecular flexibility index (Phi) is 10.0. The minimum absolute atomic E-state index is 0.0230. The van der Waals surface area contributed by atoms with Crippen molar-refractivity contribution in [3.05, 3.63) is 92.9 Å². The van der Waals surface area contributed by atoms with E-state index in [0.29, 0.717) is 32.3 Å². The zero-order valence-corrected chi connectivity index (χ0v) is 24.1. The fraction of sp³-hybridized carbons (Fsp3) is 0.231. The molecular weight excluding hydrogens is 601 g/mol. The largest absolute Gasteiger partial charge is 0.355 e. The van der Waals surface area contributed by atoms with Crippen molar-refractivity contribution in [2.75, 3.05) is 17.4 Å². The first-order valence-electron chi connectivity index (χ1n) is 11.4. The lowest BCUT2D eigenvalue weighted by atomic mass is 10.1. The molecule has 0 saturated heterocycles. The average molecular weight is 627 g/mol. The topological polar surface area (TPSA) is 86.8 Å². The van der Waals surface area contributed by atoms with Gasteiger partial charge < -0.3 is 10.2 Å². The van der Waals surface area contributed by atoms with E-state index in [1.807, 2.05) is 0 Å². The maximum atomic E-state index is 13.8. The number of sulfonamides is 1. The molecule has 0 aliphatic rings. The Morgan fingerprint density at radius 3 is 2.32 bits per heavy atom. The van der Waals surface area contributed by atoms with Gasteiger partial charge in [0.05, 0.1) is 10.6 Å². The van der Waals surface area contributed by atoms with Crippen LogP contribution in [0.4, 0.5) is 5.69 Å². The molecule has 0 aliphatic heterocycles. The summed E-state index contributed by atoms with van der Waals surface area (Å²) in [7, 11) is -4.12. The monoisotopic (exact) mass is 625 g/mol. The molecule has 1 N–H and O–H groups in total. The third kappa shape index (κ3) is 7.25. The number of carbonyl (C=O) groups excluding carboxylic acids is 2. The second-order valence-electron chi connectivity index (χ2n) is 8.13. The van der Waals surface area contributed by atoms with Crippen molar-refractivity contribution in [3.63, 3.8) is 0 Å². The molecular formula is C26H26BrCl2N3O4S. The van der Waals surface area contributed by atoms with E-state index in [1.54, 1.807) is 74.5 Å². The molecule has 2 amide bonds. The molecule has 0 aliphatic carbocycles. The third-order valence-electron chi connectivity index (χ3n) is 5.58. The summed E-state index contributed by atoms with van der Waals surface area (Å²) in [5.74, 6) is -0.954. The highest BCUT2D eigenvalue weighted by molar-refractivity contribution is 9.10. The molecule has 37 heavy (non-hydrogen) atoms. The smallest absolute Gasteiger partial charge is 0.264 e. The Hall–Kier alpha value is -2.59. The van der Waals surface area contributed by atoms with E-state index in [1.165, 1.54) is 17.0 Å². The standard InChI is InChI=1S/C26H26BrCl2N3O4S/c1-3-30-26(34)18(2)31(16-19-12-13-21(28)15-24(19)29)25(33)17-32(22-9-7-8-20(27)14-22)37(35,36)23-10-5-4-6-11-23/h4-15,18H,3,16-17H2,1-2H3,(H,30,34)/t18-/m1/s1. The van der Waals surface area contributed by atoms with Crippen LogP contribution in [0.3, 0.4) is 0 Å². The van der Waals surface area contributed by atoms with Crippen LogP contribution in [0.25, 0.3) is 0 Å². The van der Waals surface area contributed by atoms with E-state index < -0.39 is 28.5 Å². The fourth-order valence-corrected chi connectivity index (χ4v) is 5.90. The predicted octanol–water partition coefficient (Wildman–Crippen LogP) is 5.50. The van der Waals surface area contributed by atoms with Gasteiger partial charge in [-0.1, -0.05) is 69.5 Å². The van der Waals surface area contributed by atoms with Crippen molar-refractivity contribution in [2.45, 2.75) is 31.3 Å². The molecule has 0 radical (unpaired) electrons. The lowest BCUT2D eigenvalue weighted by Crippen LogP contribution is -2.51. The number of nitrogens with zero attached hydrogens (tertiary/aromatic N) is 2. The SMILES string of the molecule is CCNC(=O)[C@@H](C)N(Cc1ccc(Cl)cc1Cl)C(=O)CN(c1cccc(Br)c1)S(=O)(=O)c1ccccc1. The Balaban J connectivity index is 2.04. The Morgan fingerprint density at radius 1 is 1.00 bits per heavy atom. The van der Waals surface area contributed by atoms with Crippen LogP contribution in [-0.4, -0.2) is 44.3 Å².